The maximum atomic E-state index is 13.5. The van der Waals surface area contributed by atoms with Crippen molar-refractivity contribution in [2.24, 2.45) is 0 Å². The summed E-state index contributed by atoms with van der Waals surface area (Å²) in [5, 5.41) is 6.76. The van der Waals surface area contributed by atoms with Gasteiger partial charge in [-0.1, -0.05) is 24.3 Å². The first-order chi connectivity index (χ1) is 13.3. The normalized spacial score (nSPS) is 11.8. The fraction of sp³-hybridized carbons (Fsp3) is 0.100. The molecule has 0 saturated heterocycles. The Morgan fingerprint density at radius 3 is 2.43 bits per heavy atom. The van der Waals surface area contributed by atoms with Crippen LogP contribution in [-0.4, -0.2) is 14.8 Å². The van der Waals surface area contributed by atoms with Gasteiger partial charge in [0.1, 0.15) is 5.82 Å². The zero-order chi connectivity index (χ0) is 19.9. The van der Waals surface area contributed by atoms with Gasteiger partial charge in [0.25, 0.3) is 0 Å². The van der Waals surface area contributed by atoms with Gasteiger partial charge in [-0.15, -0.1) is 11.3 Å². The Kier molecular flexibility index (Phi) is 4.50. The molecule has 0 atom stereocenters. The molecule has 142 valence electrons. The lowest BCUT2D eigenvalue weighted by atomic mass is 10.1. The highest BCUT2D eigenvalue weighted by molar-refractivity contribution is 7.12. The van der Waals surface area contributed by atoms with E-state index in [9.17, 15) is 17.6 Å². The molecular formula is C20H13F4N3S. The Hall–Kier alpha value is -3.00. The summed E-state index contributed by atoms with van der Waals surface area (Å²) in [4.78, 5) is 4.47. The molecule has 0 spiro atoms. The highest BCUT2D eigenvalue weighted by Gasteiger charge is 2.30. The van der Waals surface area contributed by atoms with Crippen molar-refractivity contribution in [3.63, 3.8) is 0 Å². The molecule has 0 aliphatic carbocycles. The van der Waals surface area contributed by atoms with Gasteiger partial charge in [0, 0.05) is 22.7 Å². The van der Waals surface area contributed by atoms with E-state index in [1.165, 1.54) is 35.6 Å². The maximum absolute atomic E-state index is 13.5. The maximum Gasteiger partial charge on any atom is 0.416 e. The van der Waals surface area contributed by atoms with E-state index in [1.807, 2.05) is 6.92 Å². The van der Waals surface area contributed by atoms with Gasteiger partial charge in [-0.2, -0.15) is 18.3 Å². The highest BCUT2D eigenvalue weighted by atomic mass is 32.1. The van der Waals surface area contributed by atoms with Gasteiger partial charge in [-0.05, 0) is 36.8 Å². The lowest BCUT2D eigenvalue weighted by molar-refractivity contribution is -0.137. The van der Waals surface area contributed by atoms with Crippen molar-refractivity contribution in [2.45, 2.75) is 13.1 Å². The van der Waals surface area contributed by atoms with Gasteiger partial charge in [-0.25, -0.2) is 14.1 Å². The van der Waals surface area contributed by atoms with Crippen molar-refractivity contribution in [1.82, 2.24) is 14.8 Å². The van der Waals surface area contributed by atoms with Crippen molar-refractivity contribution in [2.75, 3.05) is 0 Å². The van der Waals surface area contributed by atoms with E-state index >= 15 is 0 Å². The number of hydrogen-bond donors (Lipinski definition) is 0. The molecule has 8 heteroatoms. The summed E-state index contributed by atoms with van der Waals surface area (Å²) in [5.41, 5.74) is 2.67. The number of nitrogens with zero attached hydrogens (tertiary/aromatic N) is 3. The molecule has 0 aliphatic heterocycles. The van der Waals surface area contributed by atoms with Crippen molar-refractivity contribution < 1.29 is 17.6 Å². The van der Waals surface area contributed by atoms with Crippen molar-refractivity contribution in [1.29, 1.82) is 0 Å². The summed E-state index contributed by atoms with van der Waals surface area (Å²) >= 11 is 1.32. The topological polar surface area (TPSA) is 30.7 Å². The second-order valence-electron chi connectivity index (χ2n) is 6.17. The monoisotopic (exact) mass is 403 g/mol. The molecule has 3 nitrogen and oxygen atoms in total. The van der Waals surface area contributed by atoms with Crippen LogP contribution in [0.15, 0.2) is 60.1 Å². The van der Waals surface area contributed by atoms with E-state index in [0.29, 0.717) is 22.0 Å². The lowest BCUT2D eigenvalue weighted by Crippen LogP contribution is -2.04. The molecule has 0 unspecified atom stereocenters. The second-order valence-corrected chi connectivity index (χ2v) is 7.01. The molecule has 28 heavy (non-hydrogen) atoms. The summed E-state index contributed by atoms with van der Waals surface area (Å²) in [7, 11) is 0. The third kappa shape index (κ3) is 3.55. The summed E-state index contributed by atoms with van der Waals surface area (Å²) in [6, 6.07) is 11.1. The smallest absolute Gasteiger partial charge is 0.218 e. The molecule has 2 aromatic carbocycles. The summed E-state index contributed by atoms with van der Waals surface area (Å²) in [6.45, 7) is 1.82. The number of hydrogen-bond acceptors (Lipinski definition) is 3. The Morgan fingerprint density at radius 1 is 1.00 bits per heavy atom. The first-order valence-corrected chi connectivity index (χ1v) is 9.15. The first kappa shape index (κ1) is 18.4. The van der Waals surface area contributed by atoms with Crippen LogP contribution in [0.1, 0.15) is 11.3 Å². The molecule has 2 aromatic heterocycles. The van der Waals surface area contributed by atoms with E-state index in [-0.39, 0.29) is 5.82 Å². The molecule has 0 fully saturated rings. The minimum Gasteiger partial charge on any atom is -0.218 e. The molecule has 4 aromatic rings. The number of halogens is 4. The minimum atomic E-state index is -4.37. The van der Waals surface area contributed by atoms with Gasteiger partial charge in [-0.3, -0.25) is 0 Å². The molecule has 4 rings (SSSR count). The lowest BCUT2D eigenvalue weighted by Gasteiger charge is -2.06. The molecule has 0 aliphatic rings. The zero-order valence-corrected chi connectivity index (χ0v) is 15.4. The van der Waals surface area contributed by atoms with Gasteiger partial charge < -0.3 is 0 Å². The van der Waals surface area contributed by atoms with E-state index in [4.69, 9.17) is 0 Å². The fourth-order valence-electron chi connectivity index (χ4n) is 2.83. The average Bonchev–Trinajstić information content (AvgIpc) is 3.28. The quantitative estimate of drug-likeness (QED) is 0.385. The minimum absolute atomic E-state index is 0.330. The van der Waals surface area contributed by atoms with Crippen molar-refractivity contribution >= 4 is 11.3 Å². The molecule has 0 bridgehead atoms. The Balaban J connectivity index is 1.64. The largest absolute Gasteiger partial charge is 0.416 e. The van der Waals surface area contributed by atoms with Gasteiger partial charge >= 0.3 is 6.18 Å². The predicted molar refractivity (Wildman–Crippen MR) is 99.8 cm³/mol. The van der Waals surface area contributed by atoms with Gasteiger partial charge in [0.05, 0.1) is 17.0 Å². The molecule has 0 N–H and O–H groups in total. The molecule has 0 saturated carbocycles. The Labute approximate surface area is 161 Å². The Bertz CT molecular complexity index is 1130. The van der Waals surface area contributed by atoms with E-state index in [1.54, 1.807) is 28.4 Å². The predicted octanol–water partition coefficient (Wildman–Crippen LogP) is 6.13. The number of rotatable bonds is 3. The average molecular weight is 403 g/mol. The zero-order valence-electron chi connectivity index (χ0n) is 14.5. The SMILES string of the molecule is Cc1nn(-c2nc(-c3ccc(C(F)(F)F)cc3)cs2)cc1-c1cccc(F)c1. The second kappa shape index (κ2) is 6.87. The van der Waals surface area contributed by atoms with Crippen LogP contribution < -0.4 is 0 Å². The van der Waals surface area contributed by atoms with Crippen LogP contribution in [-0.2, 0) is 6.18 Å². The van der Waals surface area contributed by atoms with E-state index in [2.05, 4.69) is 10.1 Å². The molecule has 0 amide bonds. The molecule has 2 heterocycles. The number of aromatic nitrogens is 3. The van der Waals surface area contributed by atoms with E-state index in [0.717, 1.165) is 23.4 Å². The van der Waals surface area contributed by atoms with Gasteiger partial charge in [0.15, 0.2) is 0 Å². The summed E-state index contributed by atoms with van der Waals surface area (Å²) < 4.78 is 53.2. The standard InChI is InChI=1S/C20H13F4N3S/c1-12-17(14-3-2-4-16(21)9-14)10-27(26-12)19-25-18(11-28-19)13-5-7-15(8-6-13)20(22,23)24/h2-11H,1H3. The van der Waals surface area contributed by atoms with Crippen molar-refractivity contribution in [3.05, 3.63) is 77.2 Å². The summed E-state index contributed by atoms with van der Waals surface area (Å²) in [6.07, 6.45) is -2.61. The molecular weight excluding hydrogens is 390 g/mol. The summed E-state index contributed by atoms with van der Waals surface area (Å²) in [5.74, 6) is -0.330. The first-order valence-electron chi connectivity index (χ1n) is 8.27. The van der Waals surface area contributed by atoms with Crippen molar-refractivity contribution in [3.8, 4) is 27.5 Å². The molecule has 0 radical (unpaired) electrons. The van der Waals surface area contributed by atoms with Gasteiger partial charge in [0.2, 0.25) is 5.13 Å². The Morgan fingerprint density at radius 2 is 1.75 bits per heavy atom. The number of thiazole rings is 1. The van der Waals surface area contributed by atoms with Crippen LogP contribution in [0, 0.1) is 12.7 Å². The number of benzene rings is 2. The number of alkyl halides is 3. The van der Waals surface area contributed by atoms with Crippen LogP contribution in [0.25, 0.3) is 27.5 Å². The third-order valence-corrected chi connectivity index (χ3v) is 5.06. The van der Waals surface area contributed by atoms with Crippen LogP contribution in [0.3, 0.4) is 0 Å². The fourth-order valence-corrected chi connectivity index (χ4v) is 3.59. The van der Waals surface area contributed by atoms with Crippen LogP contribution in [0.5, 0.6) is 0 Å². The van der Waals surface area contributed by atoms with E-state index < -0.39 is 11.7 Å². The van der Waals surface area contributed by atoms with Crippen LogP contribution in [0.4, 0.5) is 17.6 Å². The third-order valence-electron chi connectivity index (χ3n) is 4.23. The number of aryl methyl sites for hydroxylation is 1. The van der Waals surface area contributed by atoms with Crippen LogP contribution >= 0.6 is 11.3 Å². The highest BCUT2D eigenvalue weighted by Crippen LogP contribution is 2.32. The van der Waals surface area contributed by atoms with Crippen LogP contribution in [0.2, 0.25) is 0 Å².